The summed E-state index contributed by atoms with van der Waals surface area (Å²) in [4.78, 5) is 88.4. The second-order valence-electron chi connectivity index (χ2n) is 17.5. The molecule has 0 bridgehead atoms. The minimum absolute atomic E-state index is 0.0338. The third kappa shape index (κ3) is 22.0. The van der Waals surface area contributed by atoms with E-state index >= 15 is 0 Å². The number of nitrogens with zero attached hydrogens (tertiary/aromatic N) is 4. The number of aliphatic hydroxyl groups excluding tert-OH is 2. The normalized spacial score (nSPS) is 20.2. The van der Waals surface area contributed by atoms with E-state index in [2.05, 4.69) is 48.3 Å². The number of rotatable bonds is 34. The number of anilines is 1. The molecule has 7 atom stereocenters. The second-order valence-corrected chi connectivity index (χ2v) is 22.9. The van der Waals surface area contributed by atoms with Gasteiger partial charge in [0.1, 0.15) is 36.3 Å². The van der Waals surface area contributed by atoms with Crippen LogP contribution in [0.3, 0.4) is 0 Å². The van der Waals surface area contributed by atoms with E-state index in [0.29, 0.717) is 12.2 Å². The summed E-state index contributed by atoms with van der Waals surface area (Å²) in [6.07, 6.45) is 9.58. The molecule has 384 valence electrons. The third-order valence-corrected chi connectivity index (χ3v) is 14.7. The number of phosphoric acid groups is 3. The molecule has 2 unspecified atom stereocenters. The molecule has 1 saturated heterocycles. The number of nitrogens with one attached hydrogen (secondary N) is 2. The van der Waals surface area contributed by atoms with Gasteiger partial charge in [-0.25, -0.2) is 28.6 Å². The fourth-order valence-electron chi connectivity index (χ4n) is 6.96. The van der Waals surface area contributed by atoms with Gasteiger partial charge in [-0.05, 0) is 12.3 Å². The summed E-state index contributed by atoms with van der Waals surface area (Å²) in [5.74, 6) is -0.223. The molecule has 1 fully saturated rings. The standard InChI is InChI=1S/C39H70N7O17P3S/c1-27(2)17-15-13-11-9-7-5-6-8-10-12-14-16-18-30(48)67-22-21-41-29(47)19-20-42-37(51)34(50)39(3,4)24-60-66(57,58)63-65(55,56)59-23-28-33(62-64(52,53)54)32(49)38(61-28)46-26-45-31-35(40)43-25-44-36(31)46/h25-28,32-34,38,49-50H,5-24H2,1-4H3,(H,41,47)(H,42,51)(H,55,56)(H,57,58)(H2,40,43,44)(H2,52,53,54)/t28-,32-,33-,34+,38-/m1/s1. The maximum atomic E-state index is 12.7. The number of hydrogen-bond acceptors (Lipinski definition) is 18. The summed E-state index contributed by atoms with van der Waals surface area (Å²) in [6, 6.07) is 0. The van der Waals surface area contributed by atoms with Crippen LogP contribution < -0.4 is 16.4 Å². The van der Waals surface area contributed by atoms with Gasteiger partial charge >= 0.3 is 23.5 Å². The van der Waals surface area contributed by atoms with E-state index in [1.165, 1.54) is 78.1 Å². The Balaban J connectivity index is 1.30. The molecule has 28 heteroatoms. The van der Waals surface area contributed by atoms with Gasteiger partial charge in [-0.3, -0.25) is 32.5 Å². The van der Waals surface area contributed by atoms with E-state index in [9.17, 15) is 57.9 Å². The van der Waals surface area contributed by atoms with Crippen molar-refractivity contribution in [3.05, 3.63) is 12.7 Å². The molecule has 0 aromatic carbocycles. The number of phosphoric ester groups is 3. The number of aliphatic hydroxyl groups is 2. The van der Waals surface area contributed by atoms with Gasteiger partial charge in [0.2, 0.25) is 11.8 Å². The van der Waals surface area contributed by atoms with Gasteiger partial charge in [-0.15, -0.1) is 0 Å². The quantitative estimate of drug-likeness (QED) is 0.0336. The van der Waals surface area contributed by atoms with Crippen LogP contribution in [0.15, 0.2) is 12.7 Å². The number of thioether (sulfide) groups is 1. The number of carbonyl (C=O) groups excluding carboxylic acids is 3. The van der Waals surface area contributed by atoms with Gasteiger partial charge in [0.05, 0.1) is 19.5 Å². The first-order chi connectivity index (χ1) is 31.4. The Morgan fingerprint density at radius 2 is 1.46 bits per heavy atom. The second kappa shape index (κ2) is 28.4. The Labute approximate surface area is 395 Å². The molecule has 2 amide bonds. The SMILES string of the molecule is CC(C)CCCCCCCCCCCCCCC(=O)SCCNC(=O)CCNC(=O)[C@H](O)C(C)(C)COP(=O)(O)OP(=O)(O)OC[C@H]1O[C@@H](n2cnc3c(N)ncnc32)[C@H](O)[C@@H]1OP(=O)(O)O. The monoisotopic (exact) mass is 1030 g/mol. The predicted molar refractivity (Wildman–Crippen MR) is 247 cm³/mol. The Hall–Kier alpha value is -2.44. The van der Waals surface area contributed by atoms with Crippen molar-refractivity contribution < 1.29 is 80.5 Å². The Morgan fingerprint density at radius 3 is 2.07 bits per heavy atom. The van der Waals surface area contributed by atoms with Gasteiger partial charge < -0.3 is 50.9 Å². The zero-order valence-electron chi connectivity index (χ0n) is 38.6. The summed E-state index contributed by atoms with van der Waals surface area (Å²) >= 11 is 1.16. The van der Waals surface area contributed by atoms with Crippen molar-refractivity contribution in [1.29, 1.82) is 0 Å². The minimum atomic E-state index is -5.57. The average Bonchev–Trinajstić information content (AvgIpc) is 3.80. The highest BCUT2D eigenvalue weighted by atomic mass is 32.2. The van der Waals surface area contributed by atoms with Crippen molar-refractivity contribution in [2.24, 2.45) is 11.3 Å². The minimum Gasteiger partial charge on any atom is -0.386 e. The molecule has 0 radical (unpaired) electrons. The van der Waals surface area contributed by atoms with Crippen molar-refractivity contribution >= 4 is 69.1 Å². The Morgan fingerprint density at radius 1 is 0.866 bits per heavy atom. The van der Waals surface area contributed by atoms with Gasteiger partial charge in [-0.1, -0.05) is 117 Å². The van der Waals surface area contributed by atoms with Crippen molar-refractivity contribution in [3.8, 4) is 0 Å². The Bertz CT molecular complexity index is 2010. The highest BCUT2D eigenvalue weighted by molar-refractivity contribution is 8.13. The highest BCUT2D eigenvalue weighted by Gasteiger charge is 2.50. The van der Waals surface area contributed by atoms with Gasteiger partial charge in [0.25, 0.3) is 0 Å². The number of hydrogen-bond donors (Lipinski definition) is 9. The molecule has 2 aromatic heterocycles. The van der Waals surface area contributed by atoms with E-state index < -0.39 is 84.6 Å². The molecule has 3 rings (SSSR count). The van der Waals surface area contributed by atoms with E-state index in [0.717, 1.165) is 54.2 Å². The summed E-state index contributed by atoms with van der Waals surface area (Å²) in [6.45, 7) is 5.13. The van der Waals surface area contributed by atoms with Crippen molar-refractivity contribution in [2.75, 3.05) is 37.8 Å². The van der Waals surface area contributed by atoms with Crippen LogP contribution in [-0.4, -0.2) is 123 Å². The molecule has 2 aromatic rings. The lowest BCUT2D eigenvalue weighted by Gasteiger charge is -2.30. The molecule has 0 saturated carbocycles. The molecule has 24 nitrogen and oxygen atoms in total. The van der Waals surface area contributed by atoms with Crippen LogP contribution in [0.2, 0.25) is 0 Å². The summed E-state index contributed by atoms with van der Waals surface area (Å²) < 4.78 is 62.4. The first kappa shape index (κ1) is 58.9. The van der Waals surface area contributed by atoms with Gasteiger partial charge in [0.15, 0.2) is 22.8 Å². The zero-order chi connectivity index (χ0) is 49.8. The van der Waals surface area contributed by atoms with Crippen LogP contribution >= 0.6 is 35.2 Å². The number of carbonyl (C=O) groups is 3. The summed E-state index contributed by atoms with van der Waals surface area (Å²) in [5.41, 5.74) is 4.29. The van der Waals surface area contributed by atoms with Crippen LogP contribution in [0.1, 0.15) is 130 Å². The van der Waals surface area contributed by atoms with Crippen molar-refractivity contribution in [3.63, 3.8) is 0 Å². The number of unbranched alkanes of at least 4 members (excludes halogenated alkanes) is 11. The molecule has 1 aliphatic heterocycles. The van der Waals surface area contributed by atoms with Crippen molar-refractivity contribution in [1.82, 2.24) is 30.2 Å². The molecule has 1 aliphatic rings. The number of nitrogen functional groups attached to an aromatic ring is 1. The van der Waals surface area contributed by atoms with Crippen LogP contribution in [-0.2, 0) is 50.7 Å². The third-order valence-electron chi connectivity index (χ3n) is 10.7. The topological polar surface area (TPSA) is 364 Å². The number of fused-ring (bicyclic) bond motifs is 1. The molecule has 0 aliphatic carbocycles. The first-order valence-corrected chi connectivity index (χ1v) is 28.0. The zero-order valence-corrected chi connectivity index (χ0v) is 42.1. The lowest BCUT2D eigenvalue weighted by molar-refractivity contribution is -0.137. The van der Waals surface area contributed by atoms with E-state index in [4.69, 9.17) is 19.5 Å². The molecular weight excluding hydrogens is 963 g/mol. The number of aromatic nitrogens is 4. The molecule has 10 N–H and O–H groups in total. The fourth-order valence-corrected chi connectivity index (χ4v) is 10.5. The maximum absolute atomic E-state index is 12.7. The summed E-state index contributed by atoms with van der Waals surface area (Å²) in [7, 11) is -16.4. The largest absolute Gasteiger partial charge is 0.481 e. The van der Waals surface area contributed by atoms with Crippen LogP contribution in [0.4, 0.5) is 5.82 Å². The smallest absolute Gasteiger partial charge is 0.386 e. The lowest BCUT2D eigenvalue weighted by atomic mass is 9.87. The van der Waals surface area contributed by atoms with Crippen LogP contribution in [0.25, 0.3) is 11.2 Å². The lowest BCUT2D eigenvalue weighted by Crippen LogP contribution is -2.46. The van der Waals surface area contributed by atoms with Crippen LogP contribution in [0, 0.1) is 11.3 Å². The fraction of sp³-hybridized carbons (Fsp3) is 0.795. The summed E-state index contributed by atoms with van der Waals surface area (Å²) in [5, 5.41) is 26.7. The predicted octanol–water partition coefficient (Wildman–Crippen LogP) is 4.78. The van der Waals surface area contributed by atoms with E-state index in [1.807, 2.05) is 0 Å². The van der Waals surface area contributed by atoms with Crippen LogP contribution in [0.5, 0.6) is 0 Å². The molecule has 3 heterocycles. The first-order valence-electron chi connectivity index (χ1n) is 22.5. The number of ether oxygens (including phenoxy) is 1. The number of imidazole rings is 1. The van der Waals surface area contributed by atoms with Gasteiger partial charge in [-0.2, -0.15) is 4.31 Å². The Kier molecular flexibility index (Phi) is 25.0. The van der Waals surface area contributed by atoms with Gasteiger partial charge in [0, 0.05) is 37.1 Å². The van der Waals surface area contributed by atoms with E-state index in [-0.39, 0.29) is 41.6 Å². The average molecular weight is 1030 g/mol. The molecular formula is C39H70N7O17P3S. The van der Waals surface area contributed by atoms with Crippen molar-refractivity contribution in [2.45, 2.75) is 155 Å². The number of nitrogens with two attached hydrogens (primary N) is 1. The molecule has 67 heavy (non-hydrogen) atoms. The molecule has 0 spiro atoms. The highest BCUT2D eigenvalue weighted by Crippen LogP contribution is 2.61. The number of amides is 2. The maximum Gasteiger partial charge on any atom is 0.481 e. The van der Waals surface area contributed by atoms with E-state index in [1.54, 1.807) is 0 Å².